The minimum atomic E-state index is -1.66. The van der Waals surface area contributed by atoms with Crippen molar-refractivity contribution in [3.8, 4) is 22.3 Å². The molecular weight excluding hydrogens is 423 g/mol. The van der Waals surface area contributed by atoms with Crippen molar-refractivity contribution in [1.29, 1.82) is 0 Å². The van der Waals surface area contributed by atoms with Crippen LogP contribution in [0.4, 0.5) is 22.0 Å². The van der Waals surface area contributed by atoms with Crippen LogP contribution in [0.5, 0.6) is 0 Å². The Balaban J connectivity index is 2.02. The van der Waals surface area contributed by atoms with Crippen LogP contribution in [0.3, 0.4) is 0 Å². The SMILES string of the molecule is CCCCCCCc1ccc(-c2c(-c3cc(F)c(F)c(F)c3)cc(F)c(CO)c2F)cc1. The smallest absolute Gasteiger partial charge is 0.194 e. The van der Waals surface area contributed by atoms with E-state index >= 15 is 4.39 Å². The van der Waals surface area contributed by atoms with Crippen molar-refractivity contribution in [1.82, 2.24) is 0 Å². The van der Waals surface area contributed by atoms with Crippen LogP contribution >= 0.6 is 0 Å². The summed E-state index contributed by atoms with van der Waals surface area (Å²) in [6.45, 7) is 1.27. The molecule has 0 aliphatic heterocycles. The molecule has 0 saturated heterocycles. The molecule has 0 amide bonds. The van der Waals surface area contributed by atoms with E-state index in [9.17, 15) is 22.7 Å². The number of aliphatic hydroxyl groups excluding tert-OH is 1. The maximum absolute atomic E-state index is 15.2. The first kappa shape index (κ1) is 23.9. The number of unbranched alkanes of at least 4 members (excludes halogenated alkanes) is 4. The topological polar surface area (TPSA) is 20.2 Å². The second-order valence-electron chi connectivity index (χ2n) is 7.85. The van der Waals surface area contributed by atoms with Gasteiger partial charge in [-0.05, 0) is 53.3 Å². The van der Waals surface area contributed by atoms with Gasteiger partial charge in [0.2, 0.25) is 0 Å². The Labute approximate surface area is 184 Å². The van der Waals surface area contributed by atoms with Gasteiger partial charge in [-0.3, -0.25) is 0 Å². The zero-order valence-corrected chi connectivity index (χ0v) is 17.8. The van der Waals surface area contributed by atoms with Crippen molar-refractivity contribution >= 4 is 0 Å². The molecule has 0 radical (unpaired) electrons. The van der Waals surface area contributed by atoms with Crippen molar-refractivity contribution < 1.29 is 27.1 Å². The lowest BCUT2D eigenvalue weighted by Gasteiger charge is -2.16. The third kappa shape index (κ3) is 5.18. The third-order valence-corrected chi connectivity index (χ3v) is 5.58. The van der Waals surface area contributed by atoms with Gasteiger partial charge in [0.1, 0.15) is 11.6 Å². The molecule has 32 heavy (non-hydrogen) atoms. The first-order valence-electron chi connectivity index (χ1n) is 10.7. The van der Waals surface area contributed by atoms with Gasteiger partial charge in [-0.15, -0.1) is 0 Å². The Morgan fingerprint density at radius 1 is 0.688 bits per heavy atom. The monoisotopic (exact) mass is 448 g/mol. The second kappa shape index (κ2) is 10.7. The van der Waals surface area contributed by atoms with Crippen LogP contribution in [-0.2, 0) is 13.0 Å². The average molecular weight is 448 g/mol. The molecule has 0 fully saturated rings. The molecule has 3 aromatic carbocycles. The van der Waals surface area contributed by atoms with E-state index in [2.05, 4.69) is 6.92 Å². The van der Waals surface area contributed by atoms with Crippen LogP contribution in [0.25, 0.3) is 22.3 Å². The van der Waals surface area contributed by atoms with Gasteiger partial charge < -0.3 is 5.11 Å². The zero-order valence-electron chi connectivity index (χ0n) is 17.8. The lowest BCUT2D eigenvalue weighted by atomic mass is 9.91. The standard InChI is InChI=1S/C26H25F5O/c1-2-3-4-5-6-7-16-8-10-17(11-9-16)24-19(14-21(27)20(15-32)25(24)30)18-12-22(28)26(31)23(29)13-18/h8-14,32H,2-7,15H2,1H3. The van der Waals surface area contributed by atoms with Crippen molar-refractivity contribution in [2.75, 3.05) is 0 Å². The molecule has 3 aromatic rings. The predicted molar refractivity (Wildman–Crippen MR) is 115 cm³/mol. The molecule has 0 spiro atoms. The summed E-state index contributed by atoms with van der Waals surface area (Å²) in [5, 5.41) is 9.41. The summed E-state index contributed by atoms with van der Waals surface area (Å²) in [5.74, 6) is -6.67. The normalized spacial score (nSPS) is 11.2. The lowest BCUT2D eigenvalue weighted by Crippen LogP contribution is -2.02. The molecule has 170 valence electrons. The fourth-order valence-corrected chi connectivity index (χ4v) is 3.80. The molecule has 6 heteroatoms. The van der Waals surface area contributed by atoms with Crippen molar-refractivity contribution in [2.45, 2.75) is 52.1 Å². The molecule has 0 saturated carbocycles. The summed E-state index contributed by atoms with van der Waals surface area (Å²) in [7, 11) is 0. The van der Waals surface area contributed by atoms with E-state index in [0.29, 0.717) is 17.7 Å². The number of aryl methyl sites for hydroxylation is 1. The zero-order chi connectivity index (χ0) is 23.3. The Hall–Kier alpha value is -2.73. The number of hydrogen-bond donors (Lipinski definition) is 1. The number of rotatable bonds is 9. The van der Waals surface area contributed by atoms with E-state index in [0.717, 1.165) is 37.3 Å². The number of benzene rings is 3. The van der Waals surface area contributed by atoms with Crippen molar-refractivity contribution in [3.05, 3.63) is 82.7 Å². The molecule has 0 bridgehead atoms. The van der Waals surface area contributed by atoms with E-state index in [-0.39, 0.29) is 16.7 Å². The van der Waals surface area contributed by atoms with E-state index in [1.807, 2.05) is 12.1 Å². The van der Waals surface area contributed by atoms with Gasteiger partial charge in [-0.25, -0.2) is 22.0 Å². The molecule has 3 rings (SSSR count). The van der Waals surface area contributed by atoms with Gasteiger partial charge in [0, 0.05) is 11.1 Å². The Bertz CT molecular complexity index is 1050. The maximum atomic E-state index is 15.2. The van der Waals surface area contributed by atoms with E-state index in [1.54, 1.807) is 12.1 Å². The van der Waals surface area contributed by atoms with Gasteiger partial charge >= 0.3 is 0 Å². The average Bonchev–Trinajstić information content (AvgIpc) is 2.77. The first-order valence-corrected chi connectivity index (χ1v) is 10.7. The summed E-state index contributed by atoms with van der Waals surface area (Å²) >= 11 is 0. The van der Waals surface area contributed by atoms with Crippen LogP contribution < -0.4 is 0 Å². The molecule has 0 aliphatic carbocycles. The van der Waals surface area contributed by atoms with E-state index in [1.165, 1.54) is 12.8 Å². The van der Waals surface area contributed by atoms with Crippen LogP contribution in [0.2, 0.25) is 0 Å². The summed E-state index contributed by atoms with van der Waals surface area (Å²) in [6.07, 6.45) is 6.54. The largest absolute Gasteiger partial charge is 0.391 e. The van der Waals surface area contributed by atoms with Crippen LogP contribution in [0.1, 0.15) is 50.2 Å². The van der Waals surface area contributed by atoms with Crippen LogP contribution in [-0.4, -0.2) is 5.11 Å². The number of aliphatic hydroxyl groups is 1. The summed E-state index contributed by atoms with van der Waals surface area (Å²) < 4.78 is 70.6. The summed E-state index contributed by atoms with van der Waals surface area (Å²) in [4.78, 5) is 0. The number of hydrogen-bond acceptors (Lipinski definition) is 1. The predicted octanol–water partition coefficient (Wildman–Crippen LogP) is 7.72. The van der Waals surface area contributed by atoms with Gasteiger partial charge in [-0.1, -0.05) is 56.9 Å². The molecule has 0 atom stereocenters. The van der Waals surface area contributed by atoms with Gasteiger partial charge in [0.15, 0.2) is 17.5 Å². The molecule has 0 unspecified atom stereocenters. The van der Waals surface area contributed by atoms with Gasteiger partial charge in [0.25, 0.3) is 0 Å². The summed E-state index contributed by atoms with van der Waals surface area (Å²) in [5.41, 5.74) is 0.394. The minimum Gasteiger partial charge on any atom is -0.391 e. The van der Waals surface area contributed by atoms with E-state index in [4.69, 9.17) is 0 Å². The Kier molecular flexibility index (Phi) is 8.02. The quantitative estimate of drug-likeness (QED) is 0.202. The highest BCUT2D eigenvalue weighted by Crippen LogP contribution is 2.38. The lowest BCUT2D eigenvalue weighted by molar-refractivity contribution is 0.269. The maximum Gasteiger partial charge on any atom is 0.194 e. The molecule has 0 heterocycles. The van der Waals surface area contributed by atoms with Crippen molar-refractivity contribution in [3.63, 3.8) is 0 Å². The third-order valence-electron chi connectivity index (χ3n) is 5.58. The van der Waals surface area contributed by atoms with E-state index < -0.39 is 41.3 Å². The molecular formula is C26H25F5O. The Morgan fingerprint density at radius 2 is 1.31 bits per heavy atom. The minimum absolute atomic E-state index is 0.115. The first-order chi connectivity index (χ1) is 15.4. The summed E-state index contributed by atoms with van der Waals surface area (Å²) in [6, 6.07) is 9.24. The fourth-order valence-electron chi connectivity index (χ4n) is 3.80. The van der Waals surface area contributed by atoms with Crippen LogP contribution in [0.15, 0.2) is 42.5 Å². The highest BCUT2D eigenvalue weighted by atomic mass is 19.2. The fraction of sp³-hybridized carbons (Fsp3) is 0.308. The molecule has 1 nitrogen and oxygen atoms in total. The van der Waals surface area contributed by atoms with Crippen LogP contribution in [0, 0.1) is 29.1 Å². The van der Waals surface area contributed by atoms with Gasteiger partial charge in [-0.2, -0.15) is 0 Å². The molecule has 1 N–H and O–H groups in total. The highest BCUT2D eigenvalue weighted by Gasteiger charge is 2.22. The van der Waals surface area contributed by atoms with Crippen molar-refractivity contribution in [2.24, 2.45) is 0 Å². The number of halogens is 5. The Morgan fingerprint density at radius 3 is 1.91 bits per heavy atom. The molecule has 0 aliphatic rings. The van der Waals surface area contributed by atoms with Gasteiger partial charge in [0.05, 0.1) is 6.61 Å². The second-order valence-corrected chi connectivity index (χ2v) is 7.85. The molecule has 0 aromatic heterocycles. The highest BCUT2D eigenvalue weighted by molar-refractivity contribution is 5.84.